The quantitative estimate of drug-likeness (QED) is 0.774. The molecule has 2 atom stereocenters. The molecule has 2 N–H and O–H groups in total. The molecule has 142 valence electrons. The van der Waals surface area contributed by atoms with Gasteiger partial charge in [-0.3, -0.25) is 4.79 Å². The molecule has 0 aromatic heterocycles. The molecule has 1 heterocycles. The molecule has 2 unspecified atom stereocenters. The largest absolute Gasteiger partial charge is 0.490 e. The summed E-state index contributed by atoms with van der Waals surface area (Å²) < 4.78 is 11.5. The van der Waals surface area contributed by atoms with Gasteiger partial charge in [0.1, 0.15) is 11.8 Å². The Kier molecular flexibility index (Phi) is 9.25. The molecule has 0 radical (unpaired) electrons. The molecule has 1 aromatic rings. The van der Waals surface area contributed by atoms with Crippen LogP contribution in [0.25, 0.3) is 0 Å². The maximum atomic E-state index is 12.2. The highest BCUT2D eigenvalue weighted by Crippen LogP contribution is 2.23. The average Bonchev–Trinajstić information content (AvgIpc) is 2.54. The van der Waals surface area contributed by atoms with Gasteiger partial charge >= 0.3 is 0 Å². The number of ether oxygens (including phenoxy) is 2. The van der Waals surface area contributed by atoms with Crippen molar-refractivity contribution in [2.24, 2.45) is 5.92 Å². The van der Waals surface area contributed by atoms with E-state index < -0.39 is 0 Å². The molecule has 6 heteroatoms. The topological polar surface area (TPSA) is 59.6 Å². The summed E-state index contributed by atoms with van der Waals surface area (Å²) in [6.45, 7) is 10.8. The van der Waals surface area contributed by atoms with Crippen LogP contribution in [0.5, 0.6) is 5.75 Å². The lowest BCUT2D eigenvalue weighted by atomic mass is 10.1. The number of amides is 1. The van der Waals surface area contributed by atoms with Crippen LogP contribution < -0.4 is 15.4 Å². The van der Waals surface area contributed by atoms with Gasteiger partial charge in [0.15, 0.2) is 0 Å². The minimum Gasteiger partial charge on any atom is -0.490 e. The van der Waals surface area contributed by atoms with E-state index in [4.69, 9.17) is 9.47 Å². The molecule has 0 spiro atoms. The third-order valence-electron chi connectivity index (χ3n) is 4.05. The molecule has 1 fully saturated rings. The summed E-state index contributed by atoms with van der Waals surface area (Å²) in [5.41, 5.74) is 2.15. The van der Waals surface area contributed by atoms with Gasteiger partial charge in [0.2, 0.25) is 5.91 Å². The van der Waals surface area contributed by atoms with Gasteiger partial charge in [-0.05, 0) is 37.8 Å². The van der Waals surface area contributed by atoms with E-state index in [2.05, 4.69) is 31.4 Å². The fourth-order valence-electron chi connectivity index (χ4n) is 2.89. The Balaban J connectivity index is 0.00000312. The van der Waals surface area contributed by atoms with Crippen LogP contribution in [0.1, 0.15) is 38.3 Å². The van der Waals surface area contributed by atoms with E-state index >= 15 is 0 Å². The van der Waals surface area contributed by atoms with Gasteiger partial charge in [-0.15, -0.1) is 12.4 Å². The fraction of sp³-hybridized carbons (Fsp3) is 0.632. The number of halogens is 1. The second-order valence-electron chi connectivity index (χ2n) is 6.97. The van der Waals surface area contributed by atoms with E-state index in [-0.39, 0.29) is 30.5 Å². The molecule has 1 amide bonds. The van der Waals surface area contributed by atoms with Crippen LogP contribution in [-0.2, 0) is 16.1 Å². The van der Waals surface area contributed by atoms with Crippen LogP contribution in [0.2, 0.25) is 0 Å². The number of carbonyl (C=O) groups excluding carboxylic acids is 1. The number of hydrogen-bond acceptors (Lipinski definition) is 4. The SMILES string of the molecule is Cc1ccc(CNC(=O)C2COCCN2)c(OC(C)CC(C)C)c1.Cl. The molecule has 25 heavy (non-hydrogen) atoms. The molecule has 2 rings (SSSR count). The highest BCUT2D eigenvalue weighted by molar-refractivity contribution is 5.85. The van der Waals surface area contributed by atoms with Crippen molar-refractivity contribution in [3.63, 3.8) is 0 Å². The van der Waals surface area contributed by atoms with Crippen molar-refractivity contribution in [1.82, 2.24) is 10.6 Å². The lowest BCUT2D eigenvalue weighted by molar-refractivity contribution is -0.126. The molecule has 1 aliphatic heterocycles. The van der Waals surface area contributed by atoms with Crippen molar-refractivity contribution in [1.29, 1.82) is 0 Å². The van der Waals surface area contributed by atoms with Crippen molar-refractivity contribution in [3.05, 3.63) is 29.3 Å². The lowest BCUT2D eigenvalue weighted by Crippen LogP contribution is -2.51. The van der Waals surface area contributed by atoms with Crippen LogP contribution >= 0.6 is 12.4 Å². The summed E-state index contributed by atoms with van der Waals surface area (Å²) >= 11 is 0. The third kappa shape index (κ3) is 7.22. The van der Waals surface area contributed by atoms with E-state index in [1.165, 1.54) is 0 Å². The van der Waals surface area contributed by atoms with Gasteiger partial charge in [-0.2, -0.15) is 0 Å². The standard InChI is InChI=1S/C19H30N2O3.ClH/c1-13(2)9-15(4)24-18-10-14(3)5-6-16(18)11-21-19(22)17-12-23-8-7-20-17;/h5-6,10,13,15,17,20H,7-9,11-12H2,1-4H3,(H,21,22);1H. The second-order valence-corrected chi connectivity index (χ2v) is 6.97. The number of hydrogen-bond donors (Lipinski definition) is 2. The lowest BCUT2D eigenvalue weighted by Gasteiger charge is -2.23. The van der Waals surface area contributed by atoms with E-state index in [0.717, 1.165) is 23.3 Å². The molecule has 1 aromatic carbocycles. The highest BCUT2D eigenvalue weighted by Gasteiger charge is 2.21. The van der Waals surface area contributed by atoms with Gasteiger partial charge in [0, 0.05) is 18.7 Å². The fourth-order valence-corrected chi connectivity index (χ4v) is 2.89. The molecule has 5 nitrogen and oxygen atoms in total. The maximum Gasteiger partial charge on any atom is 0.239 e. The van der Waals surface area contributed by atoms with Crippen LogP contribution in [0.4, 0.5) is 0 Å². The van der Waals surface area contributed by atoms with Gasteiger partial charge < -0.3 is 20.1 Å². The predicted octanol–water partition coefficient (Wildman–Crippen LogP) is 2.83. The van der Waals surface area contributed by atoms with E-state index in [1.54, 1.807) is 0 Å². The Morgan fingerprint density at radius 3 is 2.80 bits per heavy atom. The van der Waals surface area contributed by atoms with Crippen LogP contribution in [0.15, 0.2) is 18.2 Å². The Bertz CT molecular complexity index is 545. The van der Waals surface area contributed by atoms with Gasteiger partial charge in [0.05, 0.1) is 19.3 Å². The number of rotatable bonds is 7. The second kappa shape index (κ2) is 10.6. The smallest absolute Gasteiger partial charge is 0.239 e. The van der Waals surface area contributed by atoms with Crippen LogP contribution in [0.3, 0.4) is 0 Å². The highest BCUT2D eigenvalue weighted by atomic mass is 35.5. The van der Waals surface area contributed by atoms with Crippen molar-refractivity contribution < 1.29 is 14.3 Å². The average molecular weight is 371 g/mol. The van der Waals surface area contributed by atoms with Crippen molar-refractivity contribution in [3.8, 4) is 5.75 Å². The molecule has 0 saturated carbocycles. The summed E-state index contributed by atoms with van der Waals surface area (Å²) in [5.74, 6) is 1.41. The molecule has 1 aliphatic rings. The van der Waals surface area contributed by atoms with Crippen molar-refractivity contribution in [2.75, 3.05) is 19.8 Å². The Morgan fingerprint density at radius 1 is 1.40 bits per heavy atom. The Labute approximate surface area is 157 Å². The monoisotopic (exact) mass is 370 g/mol. The Morgan fingerprint density at radius 2 is 2.16 bits per heavy atom. The summed E-state index contributed by atoms with van der Waals surface area (Å²) in [6.07, 6.45) is 1.15. The Hall–Kier alpha value is -1.30. The third-order valence-corrected chi connectivity index (χ3v) is 4.05. The first-order valence-electron chi connectivity index (χ1n) is 8.80. The zero-order valence-electron chi connectivity index (χ0n) is 15.6. The maximum absolute atomic E-state index is 12.2. The van der Waals surface area contributed by atoms with Gasteiger partial charge in [-0.1, -0.05) is 26.0 Å². The number of aryl methyl sites for hydroxylation is 1. The molecule has 0 bridgehead atoms. The molecular formula is C19H31ClN2O3. The molecule has 1 saturated heterocycles. The minimum absolute atomic E-state index is 0. The first kappa shape index (κ1) is 21.7. The van der Waals surface area contributed by atoms with Crippen molar-refractivity contribution in [2.45, 2.75) is 52.8 Å². The first-order chi connectivity index (χ1) is 11.5. The van der Waals surface area contributed by atoms with Crippen molar-refractivity contribution >= 4 is 18.3 Å². The number of morpholine rings is 1. The molecular weight excluding hydrogens is 340 g/mol. The summed E-state index contributed by atoms with van der Waals surface area (Å²) in [4.78, 5) is 12.2. The molecule has 0 aliphatic carbocycles. The van der Waals surface area contributed by atoms with Crippen LogP contribution in [0, 0.1) is 12.8 Å². The zero-order valence-corrected chi connectivity index (χ0v) is 16.4. The normalized spacial score (nSPS) is 18.4. The number of nitrogens with one attached hydrogen (secondary N) is 2. The number of benzene rings is 1. The summed E-state index contributed by atoms with van der Waals surface area (Å²) in [6, 6.07) is 5.84. The van der Waals surface area contributed by atoms with E-state index in [9.17, 15) is 4.79 Å². The van der Waals surface area contributed by atoms with E-state index in [1.807, 2.05) is 25.1 Å². The minimum atomic E-state index is -0.270. The summed E-state index contributed by atoms with van der Waals surface area (Å²) in [5, 5.41) is 6.15. The number of carbonyl (C=O) groups is 1. The summed E-state index contributed by atoms with van der Waals surface area (Å²) in [7, 11) is 0. The van der Waals surface area contributed by atoms with Crippen LogP contribution in [-0.4, -0.2) is 37.8 Å². The zero-order chi connectivity index (χ0) is 17.5. The van der Waals surface area contributed by atoms with E-state index in [0.29, 0.717) is 32.2 Å². The first-order valence-corrected chi connectivity index (χ1v) is 8.80. The predicted molar refractivity (Wildman–Crippen MR) is 102 cm³/mol. The van der Waals surface area contributed by atoms with Gasteiger partial charge in [0.25, 0.3) is 0 Å². The van der Waals surface area contributed by atoms with Gasteiger partial charge in [-0.25, -0.2) is 0 Å².